The summed E-state index contributed by atoms with van der Waals surface area (Å²) < 4.78 is 52.1. The van der Waals surface area contributed by atoms with Gasteiger partial charge in [-0.05, 0) is 51.5 Å². The summed E-state index contributed by atoms with van der Waals surface area (Å²) in [7, 11) is -4.17. The second-order valence-electron chi connectivity index (χ2n) is 10.3. The van der Waals surface area contributed by atoms with Crippen LogP contribution in [0.3, 0.4) is 0 Å². The van der Waals surface area contributed by atoms with Crippen LogP contribution in [0.2, 0.25) is 0 Å². The van der Waals surface area contributed by atoms with E-state index in [2.05, 4.69) is 21.2 Å². The van der Waals surface area contributed by atoms with Gasteiger partial charge < -0.3 is 14.8 Å². The first-order valence-electron chi connectivity index (χ1n) is 11.4. The van der Waals surface area contributed by atoms with Gasteiger partial charge in [-0.1, -0.05) is 46.3 Å². The molecule has 1 fully saturated rings. The molecule has 0 unspecified atom stereocenters. The molecule has 1 aliphatic rings. The van der Waals surface area contributed by atoms with Crippen LogP contribution in [0.15, 0.2) is 53.0 Å². The molecule has 1 N–H and O–H groups in total. The van der Waals surface area contributed by atoms with Gasteiger partial charge in [-0.25, -0.2) is 17.6 Å². The van der Waals surface area contributed by atoms with Gasteiger partial charge in [0.2, 0.25) is 0 Å². The van der Waals surface area contributed by atoms with Crippen LogP contribution in [0.25, 0.3) is 0 Å². The van der Waals surface area contributed by atoms with Crippen molar-refractivity contribution < 1.29 is 27.1 Å². The number of amides is 1. The van der Waals surface area contributed by atoms with E-state index in [9.17, 15) is 22.9 Å². The van der Waals surface area contributed by atoms with E-state index >= 15 is 0 Å². The number of hydrogen-bond donors (Lipinski definition) is 1. The number of nitrogens with one attached hydrogen (secondary N) is 1. The van der Waals surface area contributed by atoms with E-state index in [0.29, 0.717) is 11.1 Å². The topological polar surface area (TPSA) is 105 Å². The summed E-state index contributed by atoms with van der Waals surface area (Å²) in [6, 6.07) is 15.5. The average molecular weight is 582 g/mol. The van der Waals surface area contributed by atoms with Crippen LogP contribution >= 0.6 is 15.9 Å². The van der Waals surface area contributed by atoms with Crippen LogP contribution in [0, 0.1) is 17.1 Å². The van der Waals surface area contributed by atoms with E-state index in [1.165, 1.54) is 25.1 Å². The normalized spacial score (nSPS) is 21.5. The number of benzene rings is 2. The van der Waals surface area contributed by atoms with Crippen molar-refractivity contribution in [3.63, 3.8) is 0 Å². The monoisotopic (exact) mass is 580 g/mol. The molecule has 0 bridgehead atoms. The molecule has 0 radical (unpaired) electrons. The molecule has 0 aliphatic heterocycles. The van der Waals surface area contributed by atoms with Gasteiger partial charge in [0.15, 0.2) is 14.6 Å². The standard InChI is InChI=1S/C26H30BrFN2O5S/c1-24(2,3)35-23(31)30-25(4,21-12-19(27)10-11-22(21)28)17-36(32,33)26(16-29)13-20(14-26)34-15-18-8-6-5-7-9-18/h5-12,20H,13-15,17H2,1-4H3,(H,30,31)/t20?,25-,26?/m0/s1. The molecular weight excluding hydrogens is 551 g/mol. The number of carbonyl (C=O) groups is 1. The van der Waals surface area contributed by atoms with E-state index in [1.54, 1.807) is 20.8 Å². The minimum Gasteiger partial charge on any atom is -0.444 e. The highest BCUT2D eigenvalue weighted by Gasteiger charge is 2.57. The van der Waals surface area contributed by atoms with E-state index in [-0.39, 0.29) is 18.4 Å². The van der Waals surface area contributed by atoms with Crippen molar-refractivity contribution in [1.29, 1.82) is 5.26 Å². The molecule has 0 aromatic heterocycles. The van der Waals surface area contributed by atoms with Crippen LogP contribution in [-0.4, -0.2) is 36.7 Å². The molecule has 0 saturated heterocycles. The Balaban J connectivity index is 1.84. The van der Waals surface area contributed by atoms with E-state index < -0.39 is 49.5 Å². The number of alkyl carbamates (subject to hydrolysis) is 1. The molecule has 0 heterocycles. The largest absolute Gasteiger partial charge is 0.444 e. The molecule has 1 aliphatic carbocycles. The Morgan fingerprint density at radius 2 is 1.83 bits per heavy atom. The number of nitrogens with zero attached hydrogens (tertiary/aromatic N) is 1. The number of sulfone groups is 1. The Bertz CT molecular complexity index is 1250. The van der Waals surface area contributed by atoms with Gasteiger partial charge in [0.25, 0.3) is 0 Å². The summed E-state index contributed by atoms with van der Waals surface area (Å²) in [6.07, 6.45) is -1.33. The minimum atomic E-state index is -4.17. The zero-order valence-electron chi connectivity index (χ0n) is 20.7. The van der Waals surface area contributed by atoms with Crippen molar-refractivity contribution in [3.8, 4) is 6.07 Å². The van der Waals surface area contributed by atoms with Gasteiger partial charge in [0.05, 0.1) is 30.1 Å². The average Bonchev–Trinajstić information content (AvgIpc) is 2.73. The smallest absolute Gasteiger partial charge is 0.408 e. The molecule has 1 amide bonds. The van der Waals surface area contributed by atoms with Gasteiger partial charge in [0.1, 0.15) is 11.4 Å². The number of rotatable bonds is 8. The first-order chi connectivity index (χ1) is 16.7. The lowest BCUT2D eigenvalue weighted by Crippen LogP contribution is -2.58. The van der Waals surface area contributed by atoms with Crippen LogP contribution in [-0.2, 0) is 31.5 Å². The molecule has 36 heavy (non-hydrogen) atoms. The van der Waals surface area contributed by atoms with Crippen molar-refractivity contribution in [2.45, 2.75) is 69.1 Å². The maximum atomic E-state index is 14.9. The highest BCUT2D eigenvalue weighted by atomic mass is 79.9. The van der Waals surface area contributed by atoms with Gasteiger partial charge >= 0.3 is 6.09 Å². The fraction of sp³-hybridized carbons (Fsp3) is 0.462. The maximum absolute atomic E-state index is 14.9. The zero-order valence-corrected chi connectivity index (χ0v) is 23.1. The quantitative estimate of drug-likeness (QED) is 0.449. The molecule has 1 atom stereocenters. The third-order valence-corrected chi connectivity index (χ3v) is 9.09. The lowest BCUT2D eigenvalue weighted by molar-refractivity contribution is -0.0194. The third-order valence-electron chi connectivity index (χ3n) is 6.02. The number of carbonyl (C=O) groups excluding carboxylic acids is 1. The van der Waals surface area contributed by atoms with Gasteiger partial charge in [0, 0.05) is 22.9 Å². The molecule has 0 spiro atoms. The van der Waals surface area contributed by atoms with Crippen LogP contribution in [0.1, 0.15) is 51.7 Å². The van der Waals surface area contributed by atoms with Crippen LogP contribution in [0.4, 0.5) is 9.18 Å². The molecule has 7 nitrogen and oxygen atoms in total. The molecule has 2 aromatic carbocycles. The van der Waals surface area contributed by atoms with E-state index in [4.69, 9.17) is 9.47 Å². The Morgan fingerprint density at radius 1 is 1.19 bits per heavy atom. The Morgan fingerprint density at radius 3 is 2.42 bits per heavy atom. The van der Waals surface area contributed by atoms with E-state index in [0.717, 1.165) is 5.56 Å². The fourth-order valence-corrected chi connectivity index (χ4v) is 6.79. The Labute approximate surface area is 220 Å². The van der Waals surface area contributed by atoms with Crippen molar-refractivity contribution in [2.75, 3.05) is 5.75 Å². The molecule has 10 heteroatoms. The van der Waals surface area contributed by atoms with Crippen LogP contribution in [0.5, 0.6) is 0 Å². The SMILES string of the molecule is CC(C)(C)OC(=O)N[C@@](C)(CS(=O)(=O)C1(C#N)CC(OCc2ccccc2)C1)c1cc(Br)ccc1F. The molecule has 1 saturated carbocycles. The summed E-state index contributed by atoms with van der Waals surface area (Å²) in [6.45, 7) is 6.69. The number of ether oxygens (including phenoxy) is 2. The van der Waals surface area contributed by atoms with Gasteiger partial charge in [-0.15, -0.1) is 0 Å². The maximum Gasteiger partial charge on any atom is 0.408 e. The number of nitriles is 1. The van der Waals surface area contributed by atoms with Crippen molar-refractivity contribution in [2.24, 2.45) is 0 Å². The second kappa shape index (κ2) is 10.5. The first-order valence-corrected chi connectivity index (χ1v) is 13.9. The van der Waals surface area contributed by atoms with Crippen molar-refractivity contribution in [1.82, 2.24) is 5.32 Å². The van der Waals surface area contributed by atoms with Gasteiger partial charge in [-0.3, -0.25) is 0 Å². The third kappa shape index (κ3) is 6.44. The molecule has 194 valence electrons. The lowest BCUT2D eigenvalue weighted by Gasteiger charge is -2.43. The van der Waals surface area contributed by atoms with Gasteiger partial charge in [-0.2, -0.15) is 5.26 Å². The summed E-state index contributed by atoms with van der Waals surface area (Å²) in [5.74, 6) is -1.40. The summed E-state index contributed by atoms with van der Waals surface area (Å²) in [5, 5.41) is 12.4. The van der Waals surface area contributed by atoms with Crippen LogP contribution < -0.4 is 5.32 Å². The molecule has 2 aromatic rings. The summed E-state index contributed by atoms with van der Waals surface area (Å²) >= 11 is 3.28. The minimum absolute atomic E-state index is 0.0118. The predicted octanol–water partition coefficient (Wildman–Crippen LogP) is 5.38. The number of hydrogen-bond acceptors (Lipinski definition) is 6. The summed E-state index contributed by atoms with van der Waals surface area (Å²) in [5.41, 5.74) is -1.68. The zero-order chi connectivity index (χ0) is 26.8. The fourth-order valence-electron chi connectivity index (χ4n) is 4.15. The van der Waals surface area contributed by atoms with Crippen molar-refractivity contribution >= 4 is 31.9 Å². The summed E-state index contributed by atoms with van der Waals surface area (Å²) in [4.78, 5) is 12.7. The predicted molar refractivity (Wildman–Crippen MR) is 137 cm³/mol. The second-order valence-corrected chi connectivity index (χ2v) is 13.5. The molecular formula is C26H30BrFN2O5S. The Hall–Kier alpha value is -2.48. The van der Waals surface area contributed by atoms with Crippen molar-refractivity contribution in [3.05, 3.63) is 69.9 Å². The Kier molecular flexibility index (Phi) is 8.18. The lowest BCUT2D eigenvalue weighted by atomic mass is 9.82. The highest BCUT2D eigenvalue weighted by Crippen LogP contribution is 2.44. The van der Waals surface area contributed by atoms with E-state index in [1.807, 2.05) is 36.4 Å². The highest BCUT2D eigenvalue weighted by molar-refractivity contribution is 9.10. The number of halogens is 2. The first kappa shape index (κ1) is 28.1. The molecule has 3 rings (SSSR count).